The summed E-state index contributed by atoms with van der Waals surface area (Å²) in [6.07, 6.45) is 0. The quantitative estimate of drug-likeness (QED) is 0.148. The molecular formula is C96H120N6+6. The maximum absolute atomic E-state index is 7.59. The Balaban J connectivity index is 0.000000190. The summed E-state index contributed by atoms with van der Waals surface area (Å²) in [7, 11) is 12.1. The molecule has 0 atom stereocenters. The van der Waals surface area contributed by atoms with E-state index >= 15 is 0 Å². The van der Waals surface area contributed by atoms with Crippen LogP contribution in [0.25, 0.3) is 67.5 Å². The molecule has 0 unspecified atom stereocenters. The molecule has 0 fully saturated rings. The van der Waals surface area contributed by atoms with Crippen LogP contribution in [-0.2, 0) is 42.3 Å². The Morgan fingerprint density at radius 3 is 0.725 bits per heavy atom. The lowest BCUT2D eigenvalue weighted by Crippen LogP contribution is -2.35. The van der Waals surface area contributed by atoms with E-state index in [0.717, 1.165) is 45.2 Å². The van der Waals surface area contributed by atoms with Gasteiger partial charge in [0.15, 0.2) is 34.2 Å². The van der Waals surface area contributed by atoms with Gasteiger partial charge in [-0.15, -0.1) is 0 Å². The summed E-state index contributed by atoms with van der Waals surface area (Å²) in [5.74, 6) is 0. The van der Waals surface area contributed by atoms with Gasteiger partial charge >= 0.3 is 0 Å². The largest absolute Gasteiger partial charge is 0.213 e. The van der Waals surface area contributed by atoms with Gasteiger partial charge in [0, 0.05) is 150 Å². The normalized spacial score (nSPS) is 12.9. The summed E-state index contributed by atoms with van der Waals surface area (Å²) < 4.78 is 103. The maximum atomic E-state index is 7.59. The van der Waals surface area contributed by atoms with Gasteiger partial charge in [0.1, 0.15) is 42.3 Å². The molecule has 6 heterocycles. The molecule has 6 heteroatoms. The minimum absolute atomic E-state index is 0.303. The third-order valence-corrected chi connectivity index (χ3v) is 20.7. The molecule has 0 N–H and O–H groups in total. The number of aromatic nitrogens is 6. The second kappa shape index (κ2) is 34.7. The van der Waals surface area contributed by atoms with Gasteiger partial charge in [-0.05, 0) is 230 Å². The predicted molar refractivity (Wildman–Crippen MR) is 432 cm³/mol. The monoisotopic (exact) mass is 1370 g/mol. The smallest absolute Gasteiger partial charge is 0.198 e. The molecule has 0 amide bonds. The van der Waals surface area contributed by atoms with Gasteiger partial charge in [-0.2, -0.15) is 27.4 Å². The number of aryl methyl sites for hydroxylation is 18. The molecule has 0 saturated heterocycles. The highest BCUT2D eigenvalue weighted by molar-refractivity contribution is 5.68. The summed E-state index contributed by atoms with van der Waals surface area (Å²) >= 11 is 0. The molecule has 6 aromatic heterocycles. The molecule has 0 spiro atoms. The second-order valence-corrected chi connectivity index (χ2v) is 28.0. The van der Waals surface area contributed by atoms with Crippen molar-refractivity contribution in [3.63, 3.8) is 0 Å². The van der Waals surface area contributed by atoms with Crippen LogP contribution in [0, 0.1) is 166 Å². The van der Waals surface area contributed by atoms with Crippen molar-refractivity contribution in [3.05, 3.63) is 316 Å². The average molecular weight is 1370 g/mol. The second-order valence-electron chi connectivity index (χ2n) is 28.0. The molecule has 6 nitrogen and oxygen atoms in total. The molecule has 0 bridgehead atoms. The highest BCUT2D eigenvalue weighted by atomic mass is 15.0. The van der Waals surface area contributed by atoms with Gasteiger partial charge in [0.05, 0.1) is 11.1 Å². The third kappa shape index (κ3) is 18.7. The summed E-state index contributed by atoms with van der Waals surface area (Å²) in [4.78, 5) is 0. The Hall–Kier alpha value is -9.78. The van der Waals surface area contributed by atoms with Gasteiger partial charge in [0.25, 0.3) is 0 Å². The van der Waals surface area contributed by atoms with Crippen molar-refractivity contribution in [1.82, 2.24) is 0 Å². The Bertz CT molecular complexity index is 5480. The number of rotatable bonds is 6. The van der Waals surface area contributed by atoms with Gasteiger partial charge < -0.3 is 0 Å². The molecule has 0 aliphatic rings. The van der Waals surface area contributed by atoms with Crippen LogP contribution in [0.1, 0.15) is 151 Å². The standard InChI is InChI=1S/6C16H20N/c2*1-11-6-8-15(13(3)10-11)16-9-7-12(2)14(4)17(16)5;2*1-11-6-7-13(3)15(10-11)16-9-8-12(2)14(4)17(16)5;2*1-11-9-10-15(17(5)14(11)4)16-12(2)7-6-8-13(16)3/h6*6-10H,1-5H3/q6*+1/i1D3,2D3;;2D3;;1D3;. The topological polar surface area (TPSA) is 23.3 Å². The fourth-order valence-corrected chi connectivity index (χ4v) is 13.0. The number of nitrogens with zero attached hydrogens (tertiary/aromatic N) is 6. The van der Waals surface area contributed by atoms with Gasteiger partial charge in [0.2, 0.25) is 34.2 Å². The Labute approximate surface area is 632 Å². The highest BCUT2D eigenvalue weighted by Crippen LogP contribution is 2.30. The zero-order valence-corrected chi connectivity index (χ0v) is 66.0. The maximum Gasteiger partial charge on any atom is 0.213 e. The van der Waals surface area contributed by atoms with Crippen LogP contribution in [0.2, 0.25) is 0 Å². The Morgan fingerprint density at radius 1 is 0.186 bits per heavy atom. The number of benzene rings is 6. The zero-order valence-electron chi connectivity index (χ0n) is 78.0. The van der Waals surface area contributed by atoms with E-state index in [1.54, 1.807) is 49.4 Å². The van der Waals surface area contributed by atoms with Crippen molar-refractivity contribution < 1.29 is 43.9 Å². The minimum Gasteiger partial charge on any atom is -0.198 e. The molecule has 0 aliphatic heterocycles. The van der Waals surface area contributed by atoms with Crippen molar-refractivity contribution in [1.29, 1.82) is 0 Å². The van der Waals surface area contributed by atoms with Crippen LogP contribution < -0.4 is 27.4 Å². The molecule has 6 aromatic carbocycles. The highest BCUT2D eigenvalue weighted by Gasteiger charge is 2.23. The first kappa shape index (κ1) is 63.2. The van der Waals surface area contributed by atoms with E-state index in [4.69, 9.17) is 16.4 Å². The lowest BCUT2D eigenvalue weighted by molar-refractivity contribution is -0.667. The molecule has 12 rings (SSSR count). The first-order valence-electron chi connectivity index (χ1n) is 41.3. The first-order valence-corrected chi connectivity index (χ1v) is 35.3. The van der Waals surface area contributed by atoms with Crippen molar-refractivity contribution in [3.8, 4) is 67.5 Å². The van der Waals surface area contributed by atoms with Gasteiger partial charge in [-0.25, -0.2) is 0 Å². The van der Waals surface area contributed by atoms with E-state index in [1.807, 2.05) is 73.8 Å². The summed E-state index contributed by atoms with van der Waals surface area (Å²) in [6, 6.07) is 61.2. The fourth-order valence-electron chi connectivity index (χ4n) is 13.0. The predicted octanol–water partition coefficient (Wildman–Crippen LogP) is 20.5. The first-order chi connectivity index (χ1) is 52.9. The molecule has 12 aromatic rings. The summed E-state index contributed by atoms with van der Waals surface area (Å²) in [5, 5.41) is 0. The Morgan fingerprint density at radius 2 is 0.422 bits per heavy atom. The average Bonchev–Trinajstić information content (AvgIpc) is 0.797. The van der Waals surface area contributed by atoms with E-state index in [-0.39, 0.29) is 0 Å². The lowest BCUT2D eigenvalue weighted by atomic mass is 9.98. The van der Waals surface area contributed by atoms with Crippen molar-refractivity contribution in [2.24, 2.45) is 42.3 Å². The third-order valence-electron chi connectivity index (χ3n) is 20.7. The van der Waals surface area contributed by atoms with Crippen LogP contribution in [0.4, 0.5) is 0 Å². The van der Waals surface area contributed by atoms with E-state index in [0.29, 0.717) is 27.9 Å². The van der Waals surface area contributed by atoms with Crippen molar-refractivity contribution in [2.45, 2.75) is 166 Å². The summed E-state index contributed by atoms with van der Waals surface area (Å²) in [6.45, 7) is 33.2. The molecule has 0 aliphatic carbocycles. The minimum atomic E-state index is -2.15. The van der Waals surface area contributed by atoms with Crippen LogP contribution >= 0.6 is 0 Å². The number of pyridine rings is 6. The van der Waals surface area contributed by atoms with Gasteiger partial charge in [-0.1, -0.05) is 107 Å². The van der Waals surface area contributed by atoms with Crippen LogP contribution in [0.3, 0.4) is 0 Å². The van der Waals surface area contributed by atoms with Gasteiger partial charge in [-0.3, -0.25) is 0 Å². The SMILES string of the molecule is Cc1ccc(-c2ccc(C)c(C)[n+]2C)c(C)c1.Cc1ccc(C)c(-c2ccc(C)c(C)[n+]2C)c1.Cc1cccc(C)c1-c1ccc(C)c(C)[n+]1C.[2H]C([2H])([2H])c1ccc(-c2c(C)cccc2C)[n+](C)c1C.[2H]C([2H])([2H])c1ccc(-c2cc(C)ccc2C)[n+](C)c1C.[2H]C([2H])([2H])c1ccc(-c2ccc(C([2H])([2H])[2H])c(C)[n+]2C)c(C)c1. The van der Waals surface area contributed by atoms with E-state index in [1.165, 1.54) is 129 Å². The fraction of sp³-hybridized carbons (Fsp3) is 0.312. The van der Waals surface area contributed by atoms with E-state index < -0.39 is 27.4 Å². The molecule has 102 heavy (non-hydrogen) atoms. The zero-order chi connectivity index (χ0) is 85.5. The van der Waals surface area contributed by atoms with Crippen LogP contribution in [0.15, 0.2) is 182 Å². The molecule has 0 radical (unpaired) electrons. The van der Waals surface area contributed by atoms with E-state index in [2.05, 4.69) is 267 Å². The van der Waals surface area contributed by atoms with Crippen molar-refractivity contribution in [2.75, 3.05) is 0 Å². The van der Waals surface area contributed by atoms with Crippen molar-refractivity contribution >= 4 is 0 Å². The molecular weight excluding hydrogens is 1240 g/mol. The Kier molecular flexibility index (Phi) is 21.5. The summed E-state index contributed by atoms with van der Waals surface area (Å²) in [5.41, 5.74) is 39.3. The molecule has 0 saturated carbocycles. The number of hydrogen-bond donors (Lipinski definition) is 0. The lowest BCUT2D eigenvalue weighted by Gasteiger charge is -2.10. The number of hydrogen-bond acceptors (Lipinski definition) is 0. The molecule has 528 valence electrons. The van der Waals surface area contributed by atoms with E-state index in [9.17, 15) is 0 Å². The van der Waals surface area contributed by atoms with Crippen LogP contribution in [0.5, 0.6) is 0 Å². The van der Waals surface area contributed by atoms with Crippen LogP contribution in [-0.4, -0.2) is 0 Å².